The summed E-state index contributed by atoms with van der Waals surface area (Å²) in [6.45, 7) is 3.90. The second kappa shape index (κ2) is 10.3. The maximum Gasteiger partial charge on any atom is 0.251 e. The van der Waals surface area contributed by atoms with Crippen LogP contribution in [0, 0.1) is 6.92 Å². The van der Waals surface area contributed by atoms with Crippen LogP contribution in [-0.4, -0.2) is 44.0 Å². The van der Waals surface area contributed by atoms with E-state index < -0.39 is 10.0 Å². The summed E-state index contributed by atoms with van der Waals surface area (Å²) in [7, 11) is -3.26. The number of aryl methyl sites for hydroxylation is 1. The largest absolute Gasteiger partial charge is 0.351 e. The van der Waals surface area contributed by atoms with Gasteiger partial charge in [0, 0.05) is 36.7 Å². The quantitative estimate of drug-likeness (QED) is 0.615. The zero-order chi connectivity index (χ0) is 20.7. The van der Waals surface area contributed by atoms with Crippen molar-refractivity contribution in [3.8, 4) is 0 Å². The second-order valence-electron chi connectivity index (χ2n) is 7.35. The van der Waals surface area contributed by atoms with Crippen LogP contribution in [0.5, 0.6) is 0 Å². The molecule has 1 heterocycles. The Morgan fingerprint density at radius 2 is 1.62 bits per heavy atom. The van der Waals surface area contributed by atoms with Crippen LogP contribution in [0.4, 0.5) is 0 Å². The van der Waals surface area contributed by atoms with Crippen molar-refractivity contribution in [2.45, 2.75) is 31.3 Å². The molecule has 156 valence electrons. The SMILES string of the molecule is Cc1ccc(CSCCNC(=O)c2ccc(CS(=O)(=O)N3CCCC3)cc2)cc1. The Hall–Kier alpha value is -1.83. The Kier molecular flexibility index (Phi) is 7.75. The minimum absolute atomic E-state index is 0.00938. The van der Waals surface area contributed by atoms with E-state index in [1.165, 1.54) is 11.1 Å². The van der Waals surface area contributed by atoms with E-state index in [2.05, 4.69) is 36.5 Å². The molecule has 0 aliphatic carbocycles. The maximum absolute atomic E-state index is 12.4. The van der Waals surface area contributed by atoms with Gasteiger partial charge in [-0.05, 0) is 43.0 Å². The van der Waals surface area contributed by atoms with Crippen molar-refractivity contribution in [1.29, 1.82) is 0 Å². The van der Waals surface area contributed by atoms with Gasteiger partial charge in [0.2, 0.25) is 10.0 Å². The average molecular weight is 433 g/mol. The van der Waals surface area contributed by atoms with E-state index >= 15 is 0 Å². The van der Waals surface area contributed by atoms with Crippen molar-refractivity contribution in [3.63, 3.8) is 0 Å². The molecule has 1 saturated heterocycles. The van der Waals surface area contributed by atoms with E-state index in [0.717, 1.165) is 24.3 Å². The Labute approximate surface area is 177 Å². The number of hydrogen-bond acceptors (Lipinski definition) is 4. The number of nitrogens with zero attached hydrogens (tertiary/aromatic N) is 1. The molecule has 0 spiro atoms. The van der Waals surface area contributed by atoms with Gasteiger partial charge in [-0.15, -0.1) is 0 Å². The van der Waals surface area contributed by atoms with E-state index in [0.29, 0.717) is 30.8 Å². The van der Waals surface area contributed by atoms with Crippen LogP contribution in [0.25, 0.3) is 0 Å². The van der Waals surface area contributed by atoms with E-state index in [9.17, 15) is 13.2 Å². The molecule has 2 aromatic rings. The first-order valence-electron chi connectivity index (χ1n) is 9.92. The number of benzene rings is 2. The molecule has 0 saturated carbocycles. The van der Waals surface area contributed by atoms with Crippen LogP contribution in [-0.2, 0) is 21.5 Å². The van der Waals surface area contributed by atoms with Crippen molar-refractivity contribution in [3.05, 3.63) is 70.8 Å². The molecule has 0 bridgehead atoms. The molecule has 0 radical (unpaired) electrons. The normalized spacial score (nSPS) is 14.8. The first-order valence-corrected chi connectivity index (χ1v) is 12.7. The van der Waals surface area contributed by atoms with Gasteiger partial charge in [0.1, 0.15) is 0 Å². The summed E-state index contributed by atoms with van der Waals surface area (Å²) in [6.07, 6.45) is 1.86. The van der Waals surface area contributed by atoms with Gasteiger partial charge in [0.15, 0.2) is 0 Å². The van der Waals surface area contributed by atoms with Gasteiger partial charge in [-0.2, -0.15) is 11.8 Å². The Morgan fingerprint density at radius 1 is 1.00 bits per heavy atom. The summed E-state index contributed by atoms with van der Waals surface area (Å²) in [4.78, 5) is 12.3. The van der Waals surface area contributed by atoms with Crippen LogP contribution < -0.4 is 5.32 Å². The predicted molar refractivity (Wildman–Crippen MR) is 120 cm³/mol. The second-order valence-corrected chi connectivity index (χ2v) is 10.4. The van der Waals surface area contributed by atoms with Gasteiger partial charge in [-0.1, -0.05) is 42.0 Å². The van der Waals surface area contributed by atoms with Crippen LogP contribution in [0.15, 0.2) is 48.5 Å². The Bertz CT molecular complexity index is 904. The first kappa shape index (κ1) is 21.9. The highest BCUT2D eigenvalue weighted by Gasteiger charge is 2.25. The van der Waals surface area contributed by atoms with Crippen LogP contribution >= 0.6 is 11.8 Å². The minimum atomic E-state index is -3.26. The molecule has 1 amide bonds. The van der Waals surface area contributed by atoms with Gasteiger partial charge in [0.05, 0.1) is 5.75 Å². The molecular weight excluding hydrogens is 404 g/mol. The summed E-state index contributed by atoms with van der Waals surface area (Å²) in [5.41, 5.74) is 3.80. The van der Waals surface area contributed by atoms with E-state index in [-0.39, 0.29) is 11.7 Å². The summed E-state index contributed by atoms with van der Waals surface area (Å²) in [5, 5.41) is 2.92. The fourth-order valence-electron chi connectivity index (χ4n) is 3.23. The lowest BCUT2D eigenvalue weighted by atomic mass is 10.1. The van der Waals surface area contributed by atoms with Gasteiger partial charge < -0.3 is 5.32 Å². The summed E-state index contributed by atoms with van der Waals surface area (Å²) < 4.78 is 26.3. The average Bonchev–Trinajstić information content (AvgIpc) is 3.25. The molecule has 1 fully saturated rings. The predicted octanol–water partition coefficient (Wildman–Crippen LogP) is 3.58. The first-order chi connectivity index (χ1) is 13.9. The zero-order valence-electron chi connectivity index (χ0n) is 16.8. The van der Waals surface area contributed by atoms with Crippen LogP contribution in [0.1, 0.15) is 39.9 Å². The van der Waals surface area contributed by atoms with E-state index in [1.807, 2.05) is 0 Å². The number of sulfonamides is 1. The molecule has 7 heteroatoms. The maximum atomic E-state index is 12.4. The van der Waals surface area contributed by atoms with Crippen molar-refractivity contribution in [1.82, 2.24) is 9.62 Å². The third-order valence-electron chi connectivity index (χ3n) is 4.94. The molecule has 0 unspecified atom stereocenters. The third-order valence-corrected chi connectivity index (χ3v) is 7.83. The molecule has 0 atom stereocenters. The molecule has 5 nitrogen and oxygen atoms in total. The lowest BCUT2D eigenvalue weighted by Crippen LogP contribution is -2.29. The summed E-state index contributed by atoms with van der Waals surface area (Å²) in [6, 6.07) is 15.3. The van der Waals surface area contributed by atoms with E-state index in [4.69, 9.17) is 0 Å². The highest BCUT2D eigenvalue weighted by atomic mass is 32.2. The molecule has 2 aromatic carbocycles. The standard InChI is InChI=1S/C22H28N2O3S2/c1-18-4-6-19(7-5-18)16-28-15-12-23-22(25)21-10-8-20(9-11-21)17-29(26,27)24-13-2-3-14-24/h4-11H,2-3,12-17H2,1H3,(H,23,25). The topological polar surface area (TPSA) is 66.5 Å². The number of hydrogen-bond donors (Lipinski definition) is 1. The van der Waals surface area contributed by atoms with E-state index in [1.54, 1.807) is 40.3 Å². The Morgan fingerprint density at radius 3 is 2.28 bits per heavy atom. The van der Waals surface area contributed by atoms with Gasteiger partial charge in [-0.25, -0.2) is 12.7 Å². The monoisotopic (exact) mass is 432 g/mol. The summed E-state index contributed by atoms with van der Waals surface area (Å²) >= 11 is 1.78. The number of thioether (sulfide) groups is 1. The molecular formula is C22H28N2O3S2. The highest BCUT2D eigenvalue weighted by molar-refractivity contribution is 7.98. The third kappa shape index (κ3) is 6.59. The van der Waals surface area contributed by atoms with Crippen LogP contribution in [0.3, 0.4) is 0 Å². The fourth-order valence-corrected chi connectivity index (χ4v) is 5.66. The molecule has 3 rings (SSSR count). The molecule has 29 heavy (non-hydrogen) atoms. The van der Waals surface area contributed by atoms with Gasteiger partial charge in [-0.3, -0.25) is 4.79 Å². The fraction of sp³-hybridized carbons (Fsp3) is 0.409. The highest BCUT2D eigenvalue weighted by Crippen LogP contribution is 2.17. The molecule has 1 N–H and O–H groups in total. The molecule has 1 aliphatic rings. The zero-order valence-corrected chi connectivity index (χ0v) is 18.4. The van der Waals surface area contributed by atoms with Crippen LogP contribution in [0.2, 0.25) is 0 Å². The minimum Gasteiger partial charge on any atom is -0.351 e. The van der Waals surface area contributed by atoms with Crippen molar-refractivity contribution in [2.24, 2.45) is 0 Å². The number of carbonyl (C=O) groups excluding carboxylic acids is 1. The van der Waals surface area contributed by atoms with Gasteiger partial charge in [0.25, 0.3) is 5.91 Å². The number of nitrogens with one attached hydrogen (secondary N) is 1. The summed E-state index contributed by atoms with van der Waals surface area (Å²) in [5.74, 6) is 1.63. The smallest absolute Gasteiger partial charge is 0.251 e. The number of carbonyl (C=O) groups is 1. The van der Waals surface area contributed by atoms with Gasteiger partial charge >= 0.3 is 0 Å². The Balaban J connectivity index is 1.41. The molecule has 1 aliphatic heterocycles. The molecule has 0 aromatic heterocycles. The lowest BCUT2D eigenvalue weighted by molar-refractivity contribution is 0.0956. The van der Waals surface area contributed by atoms with Crippen molar-refractivity contribution in [2.75, 3.05) is 25.4 Å². The number of rotatable bonds is 9. The lowest BCUT2D eigenvalue weighted by Gasteiger charge is -2.15. The van der Waals surface area contributed by atoms with Crippen molar-refractivity contribution >= 4 is 27.7 Å². The van der Waals surface area contributed by atoms with Crippen molar-refractivity contribution < 1.29 is 13.2 Å². The number of amides is 1.